The highest BCUT2D eigenvalue weighted by atomic mass is 15.1. The van der Waals surface area contributed by atoms with E-state index in [9.17, 15) is 0 Å². The number of hydrogen-bond donors (Lipinski definition) is 1. The van der Waals surface area contributed by atoms with Crippen molar-refractivity contribution >= 4 is 39.2 Å². The maximum atomic E-state index is 4.62. The molecule has 4 aromatic rings. The Morgan fingerprint density at radius 3 is 1.94 bits per heavy atom. The van der Waals surface area contributed by atoms with E-state index < -0.39 is 0 Å². The third kappa shape index (κ3) is 5.39. The molecule has 0 unspecified atom stereocenters. The van der Waals surface area contributed by atoms with Gasteiger partial charge in [0, 0.05) is 11.9 Å². The molecule has 5 nitrogen and oxygen atoms in total. The van der Waals surface area contributed by atoms with Gasteiger partial charge in [0.15, 0.2) is 0 Å². The second-order valence-electron chi connectivity index (χ2n) is 7.22. The average molecular weight is 408 g/mol. The zero-order valence-electron chi connectivity index (χ0n) is 17.6. The van der Waals surface area contributed by atoms with Gasteiger partial charge < -0.3 is 5.32 Å². The van der Waals surface area contributed by atoms with Crippen molar-refractivity contribution < 1.29 is 0 Å². The molecule has 5 heteroatoms. The van der Waals surface area contributed by atoms with E-state index in [0.29, 0.717) is 0 Å². The minimum Gasteiger partial charge on any atom is -0.383 e. The molecule has 0 saturated heterocycles. The van der Waals surface area contributed by atoms with Crippen molar-refractivity contribution in [1.29, 1.82) is 0 Å². The topological polar surface area (TPSA) is 61.5 Å². The molecule has 0 saturated carbocycles. The predicted octanol–water partition coefficient (Wildman–Crippen LogP) is 8.88. The summed E-state index contributed by atoms with van der Waals surface area (Å²) < 4.78 is 0. The molecule has 154 valence electrons. The van der Waals surface area contributed by atoms with Gasteiger partial charge in [-0.15, -0.1) is 5.11 Å². The van der Waals surface area contributed by atoms with Crippen molar-refractivity contribution in [3.05, 3.63) is 91.0 Å². The van der Waals surface area contributed by atoms with Crippen molar-refractivity contribution in [2.45, 2.75) is 19.8 Å². The lowest BCUT2D eigenvalue weighted by Gasteiger charge is -2.11. The Labute approximate surface area is 182 Å². The van der Waals surface area contributed by atoms with Gasteiger partial charge in [0.1, 0.15) is 5.69 Å². The molecule has 4 rings (SSSR count). The molecule has 0 aromatic heterocycles. The lowest BCUT2D eigenvalue weighted by Crippen LogP contribution is -2.01. The molecule has 0 fully saturated rings. The second-order valence-corrected chi connectivity index (χ2v) is 7.22. The van der Waals surface area contributed by atoms with E-state index in [1.54, 1.807) is 0 Å². The summed E-state index contributed by atoms with van der Waals surface area (Å²) in [5.74, 6) is 0. The van der Waals surface area contributed by atoms with Crippen LogP contribution in [0.15, 0.2) is 111 Å². The summed E-state index contributed by atoms with van der Waals surface area (Å²) in [6.45, 7) is 3.10. The van der Waals surface area contributed by atoms with Crippen LogP contribution in [0.3, 0.4) is 0 Å². The van der Waals surface area contributed by atoms with Crippen molar-refractivity contribution in [1.82, 2.24) is 0 Å². The van der Waals surface area contributed by atoms with Crippen molar-refractivity contribution in [2.24, 2.45) is 20.5 Å². The maximum Gasteiger partial charge on any atom is 0.117 e. The first-order valence-electron chi connectivity index (χ1n) is 10.6. The Hall–Kier alpha value is -3.86. The highest BCUT2D eigenvalue weighted by Crippen LogP contribution is 2.35. The fourth-order valence-electron chi connectivity index (χ4n) is 3.21. The largest absolute Gasteiger partial charge is 0.383 e. The summed E-state index contributed by atoms with van der Waals surface area (Å²) >= 11 is 0. The van der Waals surface area contributed by atoms with Crippen LogP contribution in [0, 0.1) is 0 Å². The average Bonchev–Trinajstić information content (AvgIpc) is 2.83. The molecule has 0 aliphatic heterocycles. The van der Waals surface area contributed by atoms with Crippen molar-refractivity contribution in [3.8, 4) is 0 Å². The van der Waals surface area contributed by atoms with Crippen LogP contribution in [-0.2, 0) is 0 Å². The zero-order chi connectivity index (χ0) is 21.3. The molecule has 0 spiro atoms. The predicted molar refractivity (Wildman–Crippen MR) is 129 cm³/mol. The van der Waals surface area contributed by atoms with E-state index in [1.165, 1.54) is 0 Å². The second kappa shape index (κ2) is 10.3. The van der Waals surface area contributed by atoms with E-state index in [0.717, 1.165) is 58.6 Å². The molecule has 0 aliphatic carbocycles. The number of nitrogens with zero attached hydrogens (tertiary/aromatic N) is 4. The van der Waals surface area contributed by atoms with Gasteiger partial charge in [-0.05, 0) is 54.3 Å². The summed E-state index contributed by atoms with van der Waals surface area (Å²) in [6, 6.07) is 29.7. The molecule has 0 amide bonds. The Morgan fingerprint density at radius 2 is 1.23 bits per heavy atom. The highest BCUT2D eigenvalue weighted by molar-refractivity contribution is 5.98. The van der Waals surface area contributed by atoms with Crippen LogP contribution in [0.1, 0.15) is 19.8 Å². The fourth-order valence-corrected chi connectivity index (χ4v) is 3.21. The number of rotatable bonds is 8. The molecule has 4 aromatic carbocycles. The monoisotopic (exact) mass is 407 g/mol. The number of hydrogen-bond acceptors (Lipinski definition) is 5. The molecule has 31 heavy (non-hydrogen) atoms. The molecular formula is C26H25N5. The van der Waals surface area contributed by atoms with Gasteiger partial charge >= 0.3 is 0 Å². The fraction of sp³-hybridized carbons (Fsp3) is 0.154. The van der Waals surface area contributed by atoms with Crippen LogP contribution in [0.4, 0.5) is 28.4 Å². The van der Waals surface area contributed by atoms with Crippen LogP contribution < -0.4 is 5.32 Å². The first kappa shape index (κ1) is 20.4. The maximum absolute atomic E-state index is 4.62. The Kier molecular flexibility index (Phi) is 6.75. The molecule has 0 atom stereocenters. The minimum atomic E-state index is 0.770. The van der Waals surface area contributed by atoms with Gasteiger partial charge in [0.05, 0.1) is 22.7 Å². The normalized spacial score (nSPS) is 11.5. The van der Waals surface area contributed by atoms with E-state index in [2.05, 4.69) is 57.0 Å². The van der Waals surface area contributed by atoms with Crippen LogP contribution in [0.25, 0.3) is 10.8 Å². The number of azo groups is 2. The smallest absolute Gasteiger partial charge is 0.117 e. The quantitative estimate of drug-likeness (QED) is 0.230. The van der Waals surface area contributed by atoms with Crippen LogP contribution in [0.5, 0.6) is 0 Å². The van der Waals surface area contributed by atoms with Crippen molar-refractivity contribution in [3.63, 3.8) is 0 Å². The third-order valence-electron chi connectivity index (χ3n) is 4.90. The first-order chi connectivity index (χ1) is 15.3. The number of nitrogens with one attached hydrogen (secondary N) is 1. The highest BCUT2D eigenvalue weighted by Gasteiger charge is 2.07. The summed E-state index contributed by atoms with van der Waals surface area (Å²) in [5.41, 5.74) is 4.23. The van der Waals surface area contributed by atoms with Gasteiger partial charge in [0.2, 0.25) is 0 Å². The standard InChI is InChI=1S/C26H25N5/c1-2-3-19-27-25-18-13-20-9-7-8-12-24(20)26(25)31-30-23-16-14-22(15-17-23)29-28-21-10-5-4-6-11-21/h4-18,27H,2-3,19H2,1H3. The summed E-state index contributed by atoms with van der Waals surface area (Å²) in [5, 5.41) is 23.4. The summed E-state index contributed by atoms with van der Waals surface area (Å²) in [7, 11) is 0. The van der Waals surface area contributed by atoms with Gasteiger partial charge in [0.25, 0.3) is 0 Å². The molecule has 1 N–H and O–H groups in total. The van der Waals surface area contributed by atoms with Crippen LogP contribution in [0.2, 0.25) is 0 Å². The molecule has 0 radical (unpaired) electrons. The third-order valence-corrected chi connectivity index (χ3v) is 4.90. The Balaban J connectivity index is 1.56. The van der Waals surface area contributed by atoms with E-state index in [1.807, 2.05) is 66.7 Å². The van der Waals surface area contributed by atoms with E-state index in [4.69, 9.17) is 0 Å². The number of benzene rings is 4. The van der Waals surface area contributed by atoms with Crippen molar-refractivity contribution in [2.75, 3.05) is 11.9 Å². The minimum absolute atomic E-state index is 0.770. The number of anilines is 1. The SMILES string of the molecule is CCCCNc1ccc2ccccc2c1N=Nc1ccc(N=Nc2ccccc2)cc1. The Morgan fingerprint density at radius 1 is 0.613 bits per heavy atom. The number of unbranched alkanes of at least 4 members (excludes halogenated alkanes) is 1. The lowest BCUT2D eigenvalue weighted by molar-refractivity contribution is 0.834. The number of fused-ring (bicyclic) bond motifs is 1. The lowest BCUT2D eigenvalue weighted by atomic mass is 10.1. The van der Waals surface area contributed by atoms with Crippen LogP contribution in [-0.4, -0.2) is 6.54 Å². The molecule has 0 heterocycles. The van der Waals surface area contributed by atoms with E-state index in [-0.39, 0.29) is 0 Å². The van der Waals surface area contributed by atoms with Gasteiger partial charge in [-0.1, -0.05) is 61.9 Å². The molecule has 0 aliphatic rings. The van der Waals surface area contributed by atoms with E-state index >= 15 is 0 Å². The summed E-state index contributed by atoms with van der Waals surface area (Å²) in [4.78, 5) is 0. The van der Waals surface area contributed by atoms with Crippen LogP contribution >= 0.6 is 0 Å². The molecule has 0 bridgehead atoms. The summed E-state index contributed by atoms with van der Waals surface area (Å²) in [6.07, 6.45) is 2.26. The first-order valence-corrected chi connectivity index (χ1v) is 10.6. The van der Waals surface area contributed by atoms with Gasteiger partial charge in [-0.3, -0.25) is 0 Å². The van der Waals surface area contributed by atoms with Gasteiger partial charge in [-0.2, -0.15) is 15.3 Å². The van der Waals surface area contributed by atoms with Gasteiger partial charge in [-0.25, -0.2) is 0 Å². The Bertz CT molecular complexity index is 1180. The molecular weight excluding hydrogens is 382 g/mol. The zero-order valence-corrected chi connectivity index (χ0v) is 17.6.